The third-order valence-corrected chi connectivity index (χ3v) is 4.79. The van der Waals surface area contributed by atoms with Crippen molar-refractivity contribution in [2.75, 3.05) is 21.3 Å². The van der Waals surface area contributed by atoms with E-state index in [1.165, 1.54) is 0 Å². The van der Waals surface area contributed by atoms with Crippen LogP contribution in [0.2, 0.25) is 0 Å². The molecule has 0 radical (unpaired) electrons. The largest absolute Gasteiger partial charge is 0.508 e. The van der Waals surface area contributed by atoms with Gasteiger partial charge in [-0.05, 0) is 30.2 Å². The second-order valence-electron chi connectivity index (χ2n) is 6.30. The standard InChI is InChI=1S/C21H24O5/c1-6-7-13-8-15-12(2)20(26-17(15)11-16(13)22)14-9-18(23-3)21(25-5)19(10-14)24-4/h6,8-12,20,22H,1,7H2,2-5H3. The van der Waals surface area contributed by atoms with Crippen LogP contribution in [0.1, 0.15) is 35.6 Å². The third kappa shape index (κ3) is 2.94. The average molecular weight is 356 g/mol. The average Bonchev–Trinajstić information content (AvgIpc) is 2.96. The zero-order valence-electron chi connectivity index (χ0n) is 15.5. The van der Waals surface area contributed by atoms with E-state index in [0.29, 0.717) is 29.4 Å². The number of methoxy groups -OCH3 is 3. The summed E-state index contributed by atoms with van der Waals surface area (Å²) in [5.74, 6) is 2.75. The van der Waals surface area contributed by atoms with Gasteiger partial charge in [-0.1, -0.05) is 13.0 Å². The number of allylic oxidation sites excluding steroid dienone is 1. The number of phenolic OH excluding ortho intramolecular Hbond substituents is 1. The van der Waals surface area contributed by atoms with E-state index in [1.54, 1.807) is 33.5 Å². The van der Waals surface area contributed by atoms with Crippen LogP contribution in [-0.2, 0) is 6.42 Å². The summed E-state index contributed by atoms with van der Waals surface area (Å²) in [6, 6.07) is 7.48. The van der Waals surface area contributed by atoms with Gasteiger partial charge in [-0.3, -0.25) is 0 Å². The molecule has 2 aromatic carbocycles. The zero-order valence-corrected chi connectivity index (χ0v) is 15.5. The minimum Gasteiger partial charge on any atom is -0.508 e. The first-order valence-electron chi connectivity index (χ1n) is 8.47. The first-order valence-corrected chi connectivity index (χ1v) is 8.47. The molecule has 0 saturated carbocycles. The molecule has 0 aliphatic carbocycles. The van der Waals surface area contributed by atoms with Crippen LogP contribution in [-0.4, -0.2) is 26.4 Å². The first kappa shape index (κ1) is 18.0. The topological polar surface area (TPSA) is 57.2 Å². The molecule has 0 fully saturated rings. The first-order chi connectivity index (χ1) is 12.5. The molecule has 3 rings (SSSR count). The molecule has 0 spiro atoms. The van der Waals surface area contributed by atoms with Crippen LogP contribution in [0.15, 0.2) is 36.9 Å². The summed E-state index contributed by atoms with van der Waals surface area (Å²) in [5.41, 5.74) is 2.84. The molecule has 0 bridgehead atoms. The number of aromatic hydroxyl groups is 1. The van der Waals surface area contributed by atoms with Crippen molar-refractivity contribution in [3.05, 3.63) is 53.6 Å². The smallest absolute Gasteiger partial charge is 0.203 e. The fourth-order valence-electron chi connectivity index (χ4n) is 3.43. The second-order valence-corrected chi connectivity index (χ2v) is 6.30. The summed E-state index contributed by atoms with van der Waals surface area (Å²) in [6.07, 6.45) is 2.18. The van der Waals surface area contributed by atoms with E-state index in [9.17, 15) is 5.11 Å². The van der Waals surface area contributed by atoms with E-state index in [-0.39, 0.29) is 17.8 Å². The van der Waals surface area contributed by atoms with Gasteiger partial charge in [0.05, 0.1) is 21.3 Å². The summed E-state index contributed by atoms with van der Waals surface area (Å²) in [4.78, 5) is 0. The number of rotatable bonds is 6. The minimum absolute atomic E-state index is 0.108. The Bertz CT molecular complexity index is 802. The van der Waals surface area contributed by atoms with E-state index in [4.69, 9.17) is 18.9 Å². The van der Waals surface area contributed by atoms with Crippen LogP contribution in [0.25, 0.3) is 0 Å². The maximum absolute atomic E-state index is 10.2. The molecule has 0 amide bonds. The highest BCUT2D eigenvalue weighted by atomic mass is 16.5. The Morgan fingerprint density at radius 2 is 1.73 bits per heavy atom. The monoisotopic (exact) mass is 356 g/mol. The van der Waals surface area contributed by atoms with Crippen molar-refractivity contribution in [1.29, 1.82) is 0 Å². The number of ether oxygens (including phenoxy) is 4. The predicted molar refractivity (Wildman–Crippen MR) is 99.9 cm³/mol. The lowest BCUT2D eigenvalue weighted by molar-refractivity contribution is 0.213. The van der Waals surface area contributed by atoms with E-state index in [0.717, 1.165) is 16.7 Å². The van der Waals surface area contributed by atoms with Gasteiger partial charge in [0.1, 0.15) is 17.6 Å². The van der Waals surface area contributed by atoms with Crippen LogP contribution < -0.4 is 18.9 Å². The van der Waals surface area contributed by atoms with Crippen molar-refractivity contribution in [2.24, 2.45) is 0 Å². The summed E-state index contributed by atoms with van der Waals surface area (Å²) in [5, 5.41) is 10.2. The number of fused-ring (bicyclic) bond motifs is 1. The Labute approximate surface area is 153 Å². The van der Waals surface area contributed by atoms with Gasteiger partial charge in [-0.25, -0.2) is 0 Å². The normalized spacial score (nSPS) is 18.0. The highest BCUT2D eigenvalue weighted by Crippen LogP contribution is 2.50. The van der Waals surface area contributed by atoms with Gasteiger partial charge in [-0.2, -0.15) is 0 Å². The van der Waals surface area contributed by atoms with Crippen LogP contribution in [0.4, 0.5) is 0 Å². The van der Waals surface area contributed by atoms with Gasteiger partial charge in [0.2, 0.25) is 5.75 Å². The van der Waals surface area contributed by atoms with E-state index in [1.807, 2.05) is 18.2 Å². The van der Waals surface area contributed by atoms with Crippen molar-refractivity contribution >= 4 is 0 Å². The van der Waals surface area contributed by atoms with Crippen molar-refractivity contribution in [2.45, 2.75) is 25.4 Å². The molecule has 0 aromatic heterocycles. The quantitative estimate of drug-likeness (QED) is 0.778. The summed E-state index contributed by atoms with van der Waals surface area (Å²) in [7, 11) is 4.76. The molecule has 1 N–H and O–H groups in total. The molecule has 138 valence electrons. The van der Waals surface area contributed by atoms with Crippen LogP contribution in [0.5, 0.6) is 28.7 Å². The molecule has 2 aromatic rings. The third-order valence-electron chi connectivity index (χ3n) is 4.79. The zero-order chi connectivity index (χ0) is 18.8. The fraction of sp³-hybridized carbons (Fsp3) is 0.333. The Kier molecular flexibility index (Phi) is 4.98. The molecule has 1 heterocycles. The van der Waals surface area contributed by atoms with Crippen molar-refractivity contribution in [1.82, 2.24) is 0 Å². The fourth-order valence-corrected chi connectivity index (χ4v) is 3.43. The van der Waals surface area contributed by atoms with Crippen molar-refractivity contribution in [3.8, 4) is 28.7 Å². The number of hydrogen-bond donors (Lipinski definition) is 1. The number of benzene rings is 2. The molecule has 5 heteroatoms. The Balaban J connectivity index is 2.02. The van der Waals surface area contributed by atoms with Gasteiger partial charge < -0.3 is 24.1 Å². The van der Waals surface area contributed by atoms with Crippen LogP contribution in [0.3, 0.4) is 0 Å². The molecule has 1 aliphatic heterocycles. The van der Waals surface area contributed by atoms with Crippen LogP contribution in [0, 0.1) is 0 Å². The number of hydrogen-bond acceptors (Lipinski definition) is 5. The lowest BCUT2D eigenvalue weighted by atomic mass is 9.91. The SMILES string of the molecule is C=CCc1cc2c(cc1O)OC(c1cc(OC)c(OC)c(OC)c1)C2C. The van der Waals surface area contributed by atoms with E-state index < -0.39 is 0 Å². The maximum atomic E-state index is 10.2. The molecule has 0 saturated heterocycles. The van der Waals surface area contributed by atoms with E-state index in [2.05, 4.69) is 13.5 Å². The lowest BCUT2D eigenvalue weighted by Crippen LogP contribution is -2.08. The minimum atomic E-state index is -0.211. The van der Waals surface area contributed by atoms with Gasteiger partial charge in [0.15, 0.2) is 11.5 Å². The van der Waals surface area contributed by atoms with Gasteiger partial charge in [-0.15, -0.1) is 6.58 Å². The van der Waals surface area contributed by atoms with Gasteiger partial charge >= 0.3 is 0 Å². The second kappa shape index (κ2) is 7.20. The van der Waals surface area contributed by atoms with Crippen molar-refractivity contribution < 1.29 is 24.1 Å². The maximum Gasteiger partial charge on any atom is 0.203 e. The highest BCUT2D eigenvalue weighted by molar-refractivity contribution is 5.57. The predicted octanol–water partition coefficient (Wildman–Crippen LogP) is 4.38. The molecular formula is C21H24O5. The summed E-state index contributed by atoms with van der Waals surface area (Å²) < 4.78 is 22.4. The molecule has 1 aliphatic rings. The van der Waals surface area contributed by atoms with Crippen LogP contribution >= 0.6 is 0 Å². The molecule has 2 atom stereocenters. The molecule has 26 heavy (non-hydrogen) atoms. The molecule has 2 unspecified atom stereocenters. The van der Waals surface area contributed by atoms with Gasteiger partial charge in [0, 0.05) is 23.1 Å². The summed E-state index contributed by atoms with van der Waals surface area (Å²) >= 11 is 0. The molecule has 5 nitrogen and oxygen atoms in total. The van der Waals surface area contributed by atoms with Gasteiger partial charge in [0.25, 0.3) is 0 Å². The van der Waals surface area contributed by atoms with Crippen molar-refractivity contribution in [3.63, 3.8) is 0 Å². The lowest BCUT2D eigenvalue weighted by Gasteiger charge is -2.19. The van der Waals surface area contributed by atoms with E-state index >= 15 is 0 Å². The number of phenols is 1. The summed E-state index contributed by atoms with van der Waals surface area (Å²) in [6.45, 7) is 5.85. The Hall–Kier alpha value is -2.82. The molecular weight excluding hydrogens is 332 g/mol. The Morgan fingerprint density at radius 1 is 1.08 bits per heavy atom. The Morgan fingerprint density at radius 3 is 2.27 bits per heavy atom. The highest BCUT2D eigenvalue weighted by Gasteiger charge is 2.34.